The molecular weight excluding hydrogens is 242 g/mol. The van der Waals surface area contributed by atoms with Crippen LogP contribution in [0.3, 0.4) is 0 Å². The molecule has 0 bridgehead atoms. The summed E-state index contributed by atoms with van der Waals surface area (Å²) in [6.07, 6.45) is 2.59. The van der Waals surface area contributed by atoms with Crippen LogP contribution in [0, 0.1) is 0 Å². The molecule has 1 aromatic rings. The van der Waals surface area contributed by atoms with Crippen LogP contribution in [0.4, 0.5) is 0 Å². The van der Waals surface area contributed by atoms with Gasteiger partial charge in [0.25, 0.3) is 0 Å². The lowest BCUT2D eigenvalue weighted by molar-refractivity contribution is -0.139. The highest BCUT2D eigenvalue weighted by Crippen LogP contribution is 2.12. The van der Waals surface area contributed by atoms with E-state index in [-0.39, 0.29) is 5.97 Å². The second-order valence-electron chi connectivity index (χ2n) is 4.82. The Morgan fingerprint density at radius 2 is 2.21 bits per heavy atom. The Morgan fingerprint density at radius 3 is 2.89 bits per heavy atom. The summed E-state index contributed by atoms with van der Waals surface area (Å²) < 4.78 is 10.2. The maximum Gasteiger partial charge on any atom is 0.309 e. The van der Waals surface area contributed by atoms with E-state index in [2.05, 4.69) is 11.4 Å². The Bertz CT molecular complexity index is 414. The predicted molar refractivity (Wildman–Crippen MR) is 72.8 cm³/mol. The third-order valence-corrected chi connectivity index (χ3v) is 3.42. The molecule has 0 aliphatic carbocycles. The van der Waals surface area contributed by atoms with Crippen molar-refractivity contribution in [2.24, 2.45) is 0 Å². The zero-order valence-corrected chi connectivity index (χ0v) is 11.4. The molecule has 0 saturated carbocycles. The molecule has 104 valence electrons. The number of hydrogen-bond acceptors (Lipinski definition) is 4. The topological polar surface area (TPSA) is 47.6 Å². The van der Waals surface area contributed by atoms with Crippen LogP contribution in [0.2, 0.25) is 0 Å². The van der Waals surface area contributed by atoms with Gasteiger partial charge in [-0.05, 0) is 24.0 Å². The van der Waals surface area contributed by atoms with Crippen molar-refractivity contribution in [3.05, 3.63) is 35.4 Å². The third-order valence-electron chi connectivity index (χ3n) is 3.42. The molecule has 1 atom stereocenters. The average Bonchev–Trinajstić information content (AvgIpc) is 2.47. The lowest BCUT2D eigenvalue weighted by Gasteiger charge is -2.23. The van der Waals surface area contributed by atoms with Gasteiger partial charge in [-0.2, -0.15) is 0 Å². The standard InChI is InChI=1S/C15H21NO3/c1-18-15(17)9-12-5-2-3-6-13(12)10-16-14-7-4-8-19-11-14/h2-3,5-6,14,16H,4,7-11H2,1H3. The monoisotopic (exact) mass is 263 g/mol. The van der Waals surface area contributed by atoms with Crippen LogP contribution < -0.4 is 5.32 Å². The van der Waals surface area contributed by atoms with Gasteiger partial charge in [0, 0.05) is 19.2 Å². The fourth-order valence-corrected chi connectivity index (χ4v) is 2.29. The lowest BCUT2D eigenvalue weighted by atomic mass is 10.0. The lowest BCUT2D eigenvalue weighted by Crippen LogP contribution is -2.36. The molecule has 1 saturated heterocycles. The zero-order valence-electron chi connectivity index (χ0n) is 11.4. The van der Waals surface area contributed by atoms with Crippen molar-refractivity contribution in [3.63, 3.8) is 0 Å². The van der Waals surface area contributed by atoms with E-state index in [1.54, 1.807) is 0 Å². The second kappa shape index (κ2) is 7.26. The van der Waals surface area contributed by atoms with Crippen molar-refractivity contribution < 1.29 is 14.3 Å². The summed E-state index contributed by atoms with van der Waals surface area (Å²) in [6.45, 7) is 2.41. The van der Waals surface area contributed by atoms with E-state index >= 15 is 0 Å². The predicted octanol–water partition coefficient (Wildman–Crippen LogP) is 1.67. The Morgan fingerprint density at radius 1 is 1.42 bits per heavy atom. The van der Waals surface area contributed by atoms with Gasteiger partial charge in [-0.15, -0.1) is 0 Å². The number of methoxy groups -OCH3 is 1. The first kappa shape index (κ1) is 14.0. The fourth-order valence-electron chi connectivity index (χ4n) is 2.29. The van der Waals surface area contributed by atoms with Crippen molar-refractivity contribution >= 4 is 5.97 Å². The molecule has 1 N–H and O–H groups in total. The summed E-state index contributed by atoms with van der Waals surface area (Å²) in [5.41, 5.74) is 2.18. The van der Waals surface area contributed by atoms with Gasteiger partial charge in [-0.25, -0.2) is 0 Å². The van der Waals surface area contributed by atoms with Crippen LogP contribution in [0.25, 0.3) is 0 Å². The number of rotatable bonds is 5. The smallest absolute Gasteiger partial charge is 0.309 e. The van der Waals surface area contributed by atoms with Crippen LogP contribution >= 0.6 is 0 Å². The van der Waals surface area contributed by atoms with Gasteiger partial charge in [-0.1, -0.05) is 24.3 Å². The molecule has 0 spiro atoms. The second-order valence-corrected chi connectivity index (χ2v) is 4.82. The number of carbonyl (C=O) groups is 1. The summed E-state index contributed by atoms with van der Waals surface area (Å²) in [5.74, 6) is -0.201. The van der Waals surface area contributed by atoms with E-state index in [0.29, 0.717) is 12.5 Å². The minimum Gasteiger partial charge on any atom is -0.469 e. The summed E-state index contributed by atoms with van der Waals surface area (Å²) in [7, 11) is 1.42. The summed E-state index contributed by atoms with van der Waals surface area (Å²) >= 11 is 0. The molecule has 1 heterocycles. The van der Waals surface area contributed by atoms with Crippen LogP contribution in [0.1, 0.15) is 24.0 Å². The normalized spacial score (nSPS) is 19.1. The first-order chi connectivity index (χ1) is 9.29. The SMILES string of the molecule is COC(=O)Cc1ccccc1CNC1CCCOC1. The van der Waals surface area contributed by atoms with Crippen molar-refractivity contribution in [1.29, 1.82) is 0 Å². The maximum absolute atomic E-state index is 11.4. The molecule has 1 fully saturated rings. The Hall–Kier alpha value is -1.39. The molecule has 2 rings (SSSR count). The molecule has 1 aliphatic heterocycles. The molecule has 1 aliphatic rings. The molecule has 1 aromatic carbocycles. The van der Waals surface area contributed by atoms with Gasteiger partial charge in [-0.3, -0.25) is 4.79 Å². The van der Waals surface area contributed by atoms with Crippen LogP contribution in [0.5, 0.6) is 0 Å². The van der Waals surface area contributed by atoms with Crippen molar-refractivity contribution in [1.82, 2.24) is 5.32 Å². The molecule has 0 amide bonds. The quantitative estimate of drug-likeness (QED) is 0.821. The van der Waals surface area contributed by atoms with Crippen molar-refractivity contribution in [2.75, 3.05) is 20.3 Å². The summed E-state index contributed by atoms with van der Waals surface area (Å²) in [4.78, 5) is 11.4. The number of esters is 1. The van der Waals surface area contributed by atoms with E-state index in [4.69, 9.17) is 9.47 Å². The first-order valence-electron chi connectivity index (χ1n) is 6.74. The number of nitrogens with one attached hydrogen (secondary N) is 1. The highest BCUT2D eigenvalue weighted by atomic mass is 16.5. The molecular formula is C15H21NO3. The van der Waals surface area contributed by atoms with Gasteiger partial charge in [0.1, 0.15) is 0 Å². The first-order valence-corrected chi connectivity index (χ1v) is 6.74. The van der Waals surface area contributed by atoms with Crippen LogP contribution in [-0.2, 0) is 27.2 Å². The van der Waals surface area contributed by atoms with Crippen molar-refractivity contribution in [2.45, 2.75) is 31.8 Å². The molecule has 0 aromatic heterocycles. The summed E-state index contributed by atoms with van der Waals surface area (Å²) in [6, 6.07) is 8.39. The van der Waals surface area contributed by atoms with Gasteiger partial charge in [0.2, 0.25) is 0 Å². The van der Waals surface area contributed by atoms with Gasteiger partial charge in [0.05, 0.1) is 20.1 Å². The van der Waals surface area contributed by atoms with Gasteiger partial charge < -0.3 is 14.8 Å². The van der Waals surface area contributed by atoms with Crippen molar-refractivity contribution in [3.8, 4) is 0 Å². The van der Waals surface area contributed by atoms with E-state index < -0.39 is 0 Å². The minimum atomic E-state index is -0.201. The number of hydrogen-bond donors (Lipinski definition) is 1. The van der Waals surface area contributed by atoms with E-state index in [1.807, 2.05) is 18.2 Å². The van der Waals surface area contributed by atoms with Gasteiger partial charge >= 0.3 is 5.97 Å². The maximum atomic E-state index is 11.4. The van der Waals surface area contributed by atoms with Crippen LogP contribution in [-0.4, -0.2) is 32.3 Å². The highest BCUT2D eigenvalue weighted by molar-refractivity contribution is 5.72. The molecule has 0 radical (unpaired) electrons. The highest BCUT2D eigenvalue weighted by Gasteiger charge is 2.14. The molecule has 1 unspecified atom stereocenters. The van der Waals surface area contributed by atoms with E-state index in [9.17, 15) is 4.79 Å². The van der Waals surface area contributed by atoms with E-state index in [1.165, 1.54) is 7.11 Å². The largest absolute Gasteiger partial charge is 0.469 e. The number of ether oxygens (including phenoxy) is 2. The Balaban J connectivity index is 1.93. The van der Waals surface area contributed by atoms with E-state index in [0.717, 1.165) is 43.7 Å². The Kier molecular flexibility index (Phi) is 5.36. The molecule has 4 heteroatoms. The fraction of sp³-hybridized carbons (Fsp3) is 0.533. The zero-order chi connectivity index (χ0) is 13.5. The molecule has 19 heavy (non-hydrogen) atoms. The van der Waals surface area contributed by atoms with Gasteiger partial charge in [0.15, 0.2) is 0 Å². The third kappa shape index (κ3) is 4.33. The molecule has 4 nitrogen and oxygen atoms in total. The number of carbonyl (C=O) groups excluding carboxylic acids is 1. The Labute approximate surface area is 114 Å². The average molecular weight is 263 g/mol. The summed E-state index contributed by atoms with van der Waals surface area (Å²) in [5, 5.41) is 3.49. The minimum absolute atomic E-state index is 0.201. The number of benzene rings is 1. The van der Waals surface area contributed by atoms with Crippen LogP contribution in [0.15, 0.2) is 24.3 Å².